The summed E-state index contributed by atoms with van der Waals surface area (Å²) in [7, 11) is 3.26. The van der Waals surface area contributed by atoms with Crippen molar-refractivity contribution in [3.63, 3.8) is 0 Å². The number of phenols is 1. The summed E-state index contributed by atoms with van der Waals surface area (Å²) in [5.74, 6) is 1.71. The van der Waals surface area contributed by atoms with Crippen molar-refractivity contribution >= 4 is 5.69 Å². The lowest BCUT2D eigenvalue weighted by Crippen LogP contribution is -2.09. The van der Waals surface area contributed by atoms with Gasteiger partial charge in [-0.25, -0.2) is 0 Å². The number of aromatic hydroxyl groups is 1. The van der Waals surface area contributed by atoms with Crippen LogP contribution in [0.4, 0.5) is 5.69 Å². The third-order valence-electron chi connectivity index (χ3n) is 3.43. The van der Waals surface area contributed by atoms with E-state index in [1.165, 1.54) is 0 Å². The second-order valence-corrected chi connectivity index (χ2v) is 4.77. The molecule has 2 N–H and O–H groups in total. The standard InChI is InChI=1S/C17H21NO3/c1-4-15(18-13-6-8-14(19)9-7-13)12-5-10-16(20-2)17(11-12)21-3/h5-11,15,18-19H,4H2,1-3H3. The fourth-order valence-electron chi connectivity index (χ4n) is 2.25. The minimum Gasteiger partial charge on any atom is -0.508 e. The van der Waals surface area contributed by atoms with Crippen LogP contribution in [0.1, 0.15) is 24.9 Å². The van der Waals surface area contributed by atoms with Crippen LogP contribution >= 0.6 is 0 Å². The Balaban J connectivity index is 2.22. The zero-order valence-corrected chi connectivity index (χ0v) is 12.6. The molecule has 2 aromatic carbocycles. The predicted octanol–water partition coefficient (Wildman–Crippen LogP) is 3.97. The van der Waals surface area contributed by atoms with Crippen molar-refractivity contribution in [3.05, 3.63) is 48.0 Å². The third-order valence-corrected chi connectivity index (χ3v) is 3.43. The summed E-state index contributed by atoms with van der Waals surface area (Å²) in [5, 5.41) is 12.8. The van der Waals surface area contributed by atoms with Crippen molar-refractivity contribution < 1.29 is 14.6 Å². The van der Waals surface area contributed by atoms with Crippen LogP contribution in [0.5, 0.6) is 17.2 Å². The number of benzene rings is 2. The van der Waals surface area contributed by atoms with Crippen LogP contribution < -0.4 is 14.8 Å². The highest BCUT2D eigenvalue weighted by Crippen LogP contribution is 2.32. The van der Waals surface area contributed by atoms with Crippen LogP contribution in [0.15, 0.2) is 42.5 Å². The molecule has 21 heavy (non-hydrogen) atoms. The Labute approximate surface area is 125 Å². The highest BCUT2D eigenvalue weighted by atomic mass is 16.5. The zero-order chi connectivity index (χ0) is 15.2. The first kappa shape index (κ1) is 15.0. The predicted molar refractivity (Wildman–Crippen MR) is 84.3 cm³/mol. The van der Waals surface area contributed by atoms with Gasteiger partial charge in [-0.05, 0) is 48.4 Å². The number of ether oxygens (including phenoxy) is 2. The topological polar surface area (TPSA) is 50.7 Å². The molecule has 0 radical (unpaired) electrons. The van der Waals surface area contributed by atoms with E-state index in [9.17, 15) is 5.11 Å². The van der Waals surface area contributed by atoms with Crippen LogP contribution in [0, 0.1) is 0 Å². The minimum atomic E-state index is 0.161. The summed E-state index contributed by atoms with van der Waals surface area (Å²) < 4.78 is 10.6. The van der Waals surface area contributed by atoms with E-state index in [0.717, 1.165) is 29.2 Å². The summed E-state index contributed by atoms with van der Waals surface area (Å²) >= 11 is 0. The van der Waals surface area contributed by atoms with Gasteiger partial charge in [-0.15, -0.1) is 0 Å². The lowest BCUT2D eigenvalue weighted by molar-refractivity contribution is 0.354. The first-order valence-electron chi connectivity index (χ1n) is 6.95. The van der Waals surface area contributed by atoms with Crippen molar-refractivity contribution in [1.82, 2.24) is 0 Å². The van der Waals surface area contributed by atoms with Gasteiger partial charge in [0.1, 0.15) is 5.75 Å². The molecule has 0 saturated heterocycles. The molecule has 0 spiro atoms. The maximum atomic E-state index is 9.33. The second kappa shape index (κ2) is 6.88. The number of anilines is 1. The molecule has 2 rings (SSSR count). The lowest BCUT2D eigenvalue weighted by Gasteiger charge is -2.20. The van der Waals surface area contributed by atoms with Crippen LogP contribution in [0.2, 0.25) is 0 Å². The van der Waals surface area contributed by atoms with E-state index in [-0.39, 0.29) is 11.8 Å². The van der Waals surface area contributed by atoms with E-state index >= 15 is 0 Å². The van der Waals surface area contributed by atoms with E-state index in [4.69, 9.17) is 9.47 Å². The van der Waals surface area contributed by atoms with E-state index < -0.39 is 0 Å². The van der Waals surface area contributed by atoms with Crippen LogP contribution in [-0.2, 0) is 0 Å². The Kier molecular flexibility index (Phi) is 4.93. The van der Waals surface area contributed by atoms with Gasteiger partial charge < -0.3 is 19.9 Å². The Morgan fingerprint density at radius 3 is 2.24 bits per heavy atom. The highest BCUT2D eigenvalue weighted by Gasteiger charge is 2.12. The molecule has 112 valence electrons. The average molecular weight is 287 g/mol. The van der Waals surface area contributed by atoms with Crippen LogP contribution in [-0.4, -0.2) is 19.3 Å². The number of rotatable bonds is 6. The number of hydrogen-bond donors (Lipinski definition) is 2. The van der Waals surface area contributed by atoms with Gasteiger partial charge in [0.05, 0.1) is 20.3 Å². The van der Waals surface area contributed by atoms with Gasteiger partial charge in [0.2, 0.25) is 0 Å². The van der Waals surface area contributed by atoms with Gasteiger partial charge in [-0.2, -0.15) is 0 Å². The fraction of sp³-hybridized carbons (Fsp3) is 0.294. The van der Waals surface area contributed by atoms with Crippen molar-refractivity contribution in [2.24, 2.45) is 0 Å². The number of phenolic OH excluding ortho intramolecular Hbond substituents is 1. The molecular formula is C17H21NO3. The van der Waals surface area contributed by atoms with E-state index in [2.05, 4.69) is 12.2 Å². The molecule has 0 fully saturated rings. The van der Waals surface area contributed by atoms with E-state index in [1.54, 1.807) is 26.4 Å². The molecule has 0 amide bonds. The minimum absolute atomic E-state index is 0.161. The maximum absolute atomic E-state index is 9.33. The summed E-state index contributed by atoms with van der Waals surface area (Å²) in [6.07, 6.45) is 0.927. The van der Waals surface area contributed by atoms with Crippen molar-refractivity contribution in [1.29, 1.82) is 0 Å². The van der Waals surface area contributed by atoms with E-state index in [0.29, 0.717) is 0 Å². The van der Waals surface area contributed by atoms with Crippen molar-refractivity contribution in [3.8, 4) is 17.2 Å². The van der Waals surface area contributed by atoms with Gasteiger partial charge in [0.25, 0.3) is 0 Å². The first-order chi connectivity index (χ1) is 10.2. The zero-order valence-electron chi connectivity index (χ0n) is 12.6. The molecule has 2 aromatic rings. The quantitative estimate of drug-likeness (QED) is 0.789. The molecule has 0 heterocycles. The third kappa shape index (κ3) is 3.60. The second-order valence-electron chi connectivity index (χ2n) is 4.77. The molecular weight excluding hydrogens is 266 g/mol. The molecule has 0 aliphatic rings. The normalized spacial score (nSPS) is 11.8. The summed E-state index contributed by atoms with van der Waals surface area (Å²) in [4.78, 5) is 0. The highest BCUT2D eigenvalue weighted by molar-refractivity contribution is 5.50. The smallest absolute Gasteiger partial charge is 0.161 e. The van der Waals surface area contributed by atoms with E-state index in [1.807, 2.05) is 30.3 Å². The van der Waals surface area contributed by atoms with Gasteiger partial charge >= 0.3 is 0 Å². The SMILES string of the molecule is CCC(Nc1ccc(O)cc1)c1ccc(OC)c(OC)c1. The molecule has 4 heteroatoms. The van der Waals surface area contributed by atoms with Crippen LogP contribution in [0.3, 0.4) is 0 Å². The molecule has 4 nitrogen and oxygen atoms in total. The monoisotopic (exact) mass is 287 g/mol. The first-order valence-corrected chi connectivity index (χ1v) is 6.95. The van der Waals surface area contributed by atoms with Gasteiger partial charge in [-0.1, -0.05) is 13.0 Å². The molecule has 0 saturated carbocycles. The van der Waals surface area contributed by atoms with Gasteiger partial charge in [0, 0.05) is 5.69 Å². The Bertz CT molecular complexity index is 581. The van der Waals surface area contributed by atoms with Crippen LogP contribution in [0.25, 0.3) is 0 Å². The molecule has 1 unspecified atom stereocenters. The number of hydrogen-bond acceptors (Lipinski definition) is 4. The van der Waals surface area contributed by atoms with Gasteiger partial charge in [-0.3, -0.25) is 0 Å². The number of methoxy groups -OCH3 is 2. The molecule has 1 atom stereocenters. The Morgan fingerprint density at radius 2 is 1.67 bits per heavy atom. The summed E-state index contributed by atoms with van der Waals surface area (Å²) in [5.41, 5.74) is 2.10. The lowest BCUT2D eigenvalue weighted by atomic mass is 10.0. The maximum Gasteiger partial charge on any atom is 0.161 e. The van der Waals surface area contributed by atoms with Crippen molar-refractivity contribution in [2.45, 2.75) is 19.4 Å². The molecule has 0 aliphatic carbocycles. The summed E-state index contributed by atoms with van der Waals surface area (Å²) in [6.45, 7) is 2.12. The molecule has 0 aromatic heterocycles. The Hall–Kier alpha value is -2.36. The van der Waals surface area contributed by atoms with Crippen molar-refractivity contribution in [2.75, 3.05) is 19.5 Å². The fourth-order valence-corrected chi connectivity index (χ4v) is 2.25. The molecule has 0 aliphatic heterocycles. The van der Waals surface area contributed by atoms with Gasteiger partial charge in [0.15, 0.2) is 11.5 Å². The molecule has 0 bridgehead atoms. The summed E-state index contributed by atoms with van der Waals surface area (Å²) in [6, 6.07) is 13.2. The average Bonchev–Trinajstić information content (AvgIpc) is 2.53. The number of nitrogens with one attached hydrogen (secondary N) is 1. The largest absolute Gasteiger partial charge is 0.508 e. The Morgan fingerprint density at radius 1 is 1.00 bits per heavy atom.